The Kier molecular flexibility index (Phi) is 12.0. The highest BCUT2D eigenvalue weighted by Gasteiger charge is 2.24. The van der Waals surface area contributed by atoms with Crippen LogP contribution in [0.3, 0.4) is 0 Å². The molecule has 0 aliphatic carbocycles. The van der Waals surface area contributed by atoms with Gasteiger partial charge in [-0.1, -0.05) is 13.8 Å². The van der Waals surface area contributed by atoms with Crippen LogP contribution in [-0.4, -0.2) is 55.8 Å². The first-order chi connectivity index (χ1) is 13.1. The van der Waals surface area contributed by atoms with Crippen LogP contribution in [0.1, 0.15) is 45.8 Å². The van der Waals surface area contributed by atoms with Crippen molar-refractivity contribution in [3.8, 4) is 0 Å². The van der Waals surface area contributed by atoms with Crippen LogP contribution in [-0.2, 0) is 11.2 Å². The van der Waals surface area contributed by atoms with Gasteiger partial charge in [-0.05, 0) is 44.2 Å². The van der Waals surface area contributed by atoms with Gasteiger partial charge in [0.15, 0.2) is 5.96 Å². The average molecular weight is 506 g/mol. The number of hydrogen-bond donors (Lipinski definition) is 2. The first kappa shape index (κ1) is 24.6. The molecule has 1 fully saturated rings. The number of guanidine groups is 1. The highest BCUT2D eigenvalue weighted by Crippen LogP contribution is 2.11. The minimum absolute atomic E-state index is 0. The second-order valence-corrected chi connectivity index (χ2v) is 7.27. The minimum atomic E-state index is -0.210. The van der Waals surface area contributed by atoms with E-state index in [1.54, 1.807) is 11.2 Å². The lowest BCUT2D eigenvalue weighted by molar-refractivity contribution is 0.0963. The molecule has 1 amide bonds. The van der Waals surface area contributed by atoms with E-state index in [0.29, 0.717) is 31.7 Å². The van der Waals surface area contributed by atoms with Crippen molar-refractivity contribution >= 4 is 36.0 Å². The highest BCUT2D eigenvalue weighted by molar-refractivity contribution is 14.0. The standard InChI is InChI=1S/C20H34N4O3.HI/c1-4-26-20(25)24-13-9-17(10-14-24)23-19(21-11-7-16(2)3)22-12-8-18-6-5-15-27-18;/h5-6,15-17H,4,7-14H2,1-3H3,(H2,21,22,23);1H. The fourth-order valence-electron chi connectivity index (χ4n) is 2.96. The average Bonchev–Trinajstić information content (AvgIpc) is 3.15. The summed E-state index contributed by atoms with van der Waals surface area (Å²) in [5.41, 5.74) is 0. The van der Waals surface area contributed by atoms with Crippen LogP contribution in [0, 0.1) is 5.92 Å². The Morgan fingerprint density at radius 3 is 2.75 bits per heavy atom. The maximum absolute atomic E-state index is 11.8. The van der Waals surface area contributed by atoms with E-state index in [1.807, 2.05) is 19.1 Å². The summed E-state index contributed by atoms with van der Waals surface area (Å²) in [4.78, 5) is 18.3. The summed E-state index contributed by atoms with van der Waals surface area (Å²) in [6, 6.07) is 4.20. The predicted molar refractivity (Wildman–Crippen MR) is 122 cm³/mol. The first-order valence-electron chi connectivity index (χ1n) is 10.1. The lowest BCUT2D eigenvalue weighted by Gasteiger charge is -2.32. The number of carbonyl (C=O) groups is 1. The lowest BCUT2D eigenvalue weighted by Crippen LogP contribution is -2.50. The number of amides is 1. The lowest BCUT2D eigenvalue weighted by atomic mass is 10.1. The topological polar surface area (TPSA) is 79.1 Å². The van der Waals surface area contributed by atoms with Crippen molar-refractivity contribution in [3.63, 3.8) is 0 Å². The SMILES string of the molecule is CCOC(=O)N1CCC(NC(=NCCC(C)C)NCCc2ccco2)CC1.I. The van der Waals surface area contributed by atoms with E-state index < -0.39 is 0 Å². The van der Waals surface area contributed by atoms with Gasteiger partial charge in [-0.25, -0.2) is 4.79 Å². The van der Waals surface area contributed by atoms with Gasteiger partial charge in [0.25, 0.3) is 0 Å². The second kappa shape index (κ2) is 13.7. The molecule has 0 aromatic carbocycles. The van der Waals surface area contributed by atoms with E-state index in [1.165, 1.54) is 0 Å². The van der Waals surface area contributed by atoms with Gasteiger partial charge in [0.05, 0.1) is 12.9 Å². The number of furan rings is 1. The van der Waals surface area contributed by atoms with Crippen molar-refractivity contribution < 1.29 is 13.9 Å². The fourth-order valence-corrected chi connectivity index (χ4v) is 2.96. The van der Waals surface area contributed by atoms with Gasteiger partial charge < -0.3 is 24.7 Å². The predicted octanol–water partition coefficient (Wildman–Crippen LogP) is 3.64. The molecule has 8 heteroatoms. The molecule has 2 N–H and O–H groups in total. The molecule has 28 heavy (non-hydrogen) atoms. The number of carbonyl (C=O) groups excluding carboxylic acids is 1. The van der Waals surface area contributed by atoms with Gasteiger partial charge in [-0.15, -0.1) is 24.0 Å². The van der Waals surface area contributed by atoms with Crippen molar-refractivity contribution in [2.24, 2.45) is 10.9 Å². The summed E-state index contributed by atoms with van der Waals surface area (Å²) < 4.78 is 10.5. The molecule has 1 aromatic heterocycles. The molecule has 0 spiro atoms. The Hall–Kier alpha value is -1.45. The quantitative estimate of drug-likeness (QED) is 0.320. The van der Waals surface area contributed by atoms with Crippen molar-refractivity contribution in [1.29, 1.82) is 0 Å². The molecule has 1 aliphatic rings. The molecular weight excluding hydrogens is 471 g/mol. The number of nitrogens with zero attached hydrogens (tertiary/aromatic N) is 2. The van der Waals surface area contributed by atoms with Crippen molar-refractivity contribution in [3.05, 3.63) is 24.2 Å². The third kappa shape index (κ3) is 9.16. The van der Waals surface area contributed by atoms with E-state index in [0.717, 1.165) is 50.5 Å². The smallest absolute Gasteiger partial charge is 0.409 e. The summed E-state index contributed by atoms with van der Waals surface area (Å²) in [5, 5.41) is 6.94. The summed E-state index contributed by atoms with van der Waals surface area (Å²) in [6.07, 6.45) is 5.15. The van der Waals surface area contributed by atoms with Gasteiger partial charge in [0, 0.05) is 38.6 Å². The number of aliphatic imine (C=N–C) groups is 1. The number of halogens is 1. The minimum Gasteiger partial charge on any atom is -0.469 e. The van der Waals surface area contributed by atoms with Gasteiger partial charge in [-0.2, -0.15) is 0 Å². The molecule has 0 radical (unpaired) electrons. The van der Waals surface area contributed by atoms with E-state index in [2.05, 4.69) is 24.5 Å². The number of likely N-dealkylation sites (tertiary alicyclic amines) is 1. The Morgan fingerprint density at radius 1 is 1.39 bits per heavy atom. The molecule has 160 valence electrons. The molecule has 0 atom stereocenters. The van der Waals surface area contributed by atoms with Gasteiger partial charge in [0.2, 0.25) is 0 Å². The maximum Gasteiger partial charge on any atom is 0.409 e. The largest absolute Gasteiger partial charge is 0.469 e. The van der Waals surface area contributed by atoms with Crippen LogP contribution in [0.5, 0.6) is 0 Å². The van der Waals surface area contributed by atoms with Crippen LogP contribution in [0.4, 0.5) is 4.79 Å². The van der Waals surface area contributed by atoms with E-state index in [9.17, 15) is 4.79 Å². The molecule has 0 saturated carbocycles. The van der Waals surface area contributed by atoms with Crippen molar-refractivity contribution in [2.45, 2.75) is 52.5 Å². The van der Waals surface area contributed by atoms with Crippen LogP contribution in [0.2, 0.25) is 0 Å². The number of hydrogen-bond acceptors (Lipinski definition) is 4. The van der Waals surface area contributed by atoms with Crippen molar-refractivity contribution in [2.75, 3.05) is 32.8 Å². The molecule has 0 unspecified atom stereocenters. The molecule has 7 nitrogen and oxygen atoms in total. The number of nitrogens with one attached hydrogen (secondary N) is 2. The van der Waals surface area contributed by atoms with Crippen LogP contribution >= 0.6 is 24.0 Å². The Bertz CT molecular complexity index is 570. The second-order valence-electron chi connectivity index (χ2n) is 7.27. The summed E-state index contributed by atoms with van der Waals surface area (Å²) in [5.74, 6) is 2.44. The maximum atomic E-state index is 11.8. The van der Waals surface area contributed by atoms with Gasteiger partial charge in [0.1, 0.15) is 5.76 Å². The third-order valence-electron chi connectivity index (χ3n) is 4.58. The molecule has 2 rings (SSSR count). The van der Waals surface area contributed by atoms with Crippen LogP contribution in [0.15, 0.2) is 27.8 Å². The highest BCUT2D eigenvalue weighted by atomic mass is 127. The zero-order chi connectivity index (χ0) is 19.5. The van der Waals surface area contributed by atoms with Crippen LogP contribution < -0.4 is 10.6 Å². The zero-order valence-corrected chi connectivity index (χ0v) is 19.6. The van der Waals surface area contributed by atoms with Crippen molar-refractivity contribution in [1.82, 2.24) is 15.5 Å². The van der Waals surface area contributed by atoms with Gasteiger partial charge in [-0.3, -0.25) is 4.99 Å². The summed E-state index contributed by atoms with van der Waals surface area (Å²) in [7, 11) is 0. The monoisotopic (exact) mass is 506 g/mol. The zero-order valence-electron chi connectivity index (χ0n) is 17.3. The molecule has 1 saturated heterocycles. The normalized spacial score (nSPS) is 15.3. The first-order valence-corrected chi connectivity index (χ1v) is 10.1. The number of rotatable bonds is 8. The van der Waals surface area contributed by atoms with Gasteiger partial charge >= 0.3 is 6.09 Å². The molecular formula is C20H35IN4O3. The molecule has 1 aliphatic heterocycles. The molecule has 1 aromatic rings. The Balaban J connectivity index is 0.00000392. The van der Waals surface area contributed by atoms with E-state index in [-0.39, 0.29) is 30.1 Å². The summed E-state index contributed by atoms with van der Waals surface area (Å²) in [6.45, 7) is 9.66. The Labute approximate surface area is 185 Å². The molecule has 0 bridgehead atoms. The third-order valence-corrected chi connectivity index (χ3v) is 4.58. The molecule has 2 heterocycles. The fraction of sp³-hybridized carbons (Fsp3) is 0.700. The number of piperidine rings is 1. The van der Waals surface area contributed by atoms with E-state index >= 15 is 0 Å². The Morgan fingerprint density at radius 2 is 2.14 bits per heavy atom. The summed E-state index contributed by atoms with van der Waals surface area (Å²) >= 11 is 0. The van der Waals surface area contributed by atoms with E-state index in [4.69, 9.17) is 14.1 Å². The number of ether oxygens (including phenoxy) is 1. The van der Waals surface area contributed by atoms with Crippen LogP contribution in [0.25, 0.3) is 0 Å².